The summed E-state index contributed by atoms with van der Waals surface area (Å²) in [6.07, 6.45) is 7.55. The molecule has 1 aliphatic carbocycles. The van der Waals surface area contributed by atoms with Crippen LogP contribution < -0.4 is 0 Å². The van der Waals surface area contributed by atoms with Crippen molar-refractivity contribution >= 4 is 15.7 Å². The Morgan fingerprint density at radius 3 is 2.62 bits per heavy atom. The van der Waals surface area contributed by atoms with E-state index in [1.54, 1.807) is 22.6 Å². The van der Waals surface area contributed by atoms with Crippen molar-refractivity contribution in [3.8, 4) is 0 Å². The third kappa shape index (κ3) is 3.27. The van der Waals surface area contributed by atoms with E-state index in [2.05, 4.69) is 11.9 Å². The molecule has 0 saturated heterocycles. The van der Waals surface area contributed by atoms with Crippen LogP contribution in [0.3, 0.4) is 0 Å². The van der Waals surface area contributed by atoms with Crippen LogP contribution in [-0.4, -0.2) is 28.1 Å². The number of rotatable bonds is 7. The van der Waals surface area contributed by atoms with Gasteiger partial charge in [0, 0.05) is 12.2 Å². The Kier molecular flexibility index (Phi) is 4.54. The number of nitrogens with zero attached hydrogens (tertiary/aromatic N) is 3. The molecule has 2 aromatic heterocycles. The number of benzene rings is 1. The molecule has 2 heterocycles. The molecule has 0 spiro atoms. The molecule has 26 heavy (non-hydrogen) atoms. The Balaban J connectivity index is 1.65. The number of aromatic nitrogens is 2. The maximum absolute atomic E-state index is 13.2. The predicted molar refractivity (Wildman–Crippen MR) is 101 cm³/mol. The van der Waals surface area contributed by atoms with Crippen LogP contribution in [0.4, 0.5) is 0 Å². The third-order valence-corrected chi connectivity index (χ3v) is 6.75. The summed E-state index contributed by atoms with van der Waals surface area (Å²) in [6.45, 7) is 2.46. The zero-order valence-electron chi connectivity index (χ0n) is 14.9. The molecule has 1 aliphatic rings. The summed E-state index contributed by atoms with van der Waals surface area (Å²) in [4.78, 5) is 4.75. The van der Waals surface area contributed by atoms with Gasteiger partial charge in [0.05, 0.1) is 23.3 Å². The molecule has 0 atom stereocenters. The Morgan fingerprint density at radius 1 is 1.15 bits per heavy atom. The average Bonchev–Trinajstić information content (AvgIpc) is 3.40. The molecular weight excluding hydrogens is 346 g/mol. The molecule has 0 radical (unpaired) electrons. The molecule has 136 valence electrons. The monoisotopic (exact) mass is 369 g/mol. The van der Waals surface area contributed by atoms with E-state index in [1.165, 1.54) is 5.56 Å². The lowest BCUT2D eigenvalue weighted by Gasteiger charge is -2.22. The summed E-state index contributed by atoms with van der Waals surface area (Å²) in [7, 11) is -3.52. The van der Waals surface area contributed by atoms with Crippen molar-refractivity contribution in [2.45, 2.75) is 50.1 Å². The first-order chi connectivity index (χ1) is 12.6. The second-order valence-corrected chi connectivity index (χ2v) is 8.74. The van der Waals surface area contributed by atoms with Gasteiger partial charge in [-0.3, -0.25) is 0 Å². The number of pyridine rings is 1. The fourth-order valence-corrected chi connectivity index (χ4v) is 4.94. The Labute approximate surface area is 154 Å². The minimum Gasteiger partial charge on any atom is -0.303 e. The highest BCUT2D eigenvalue weighted by Crippen LogP contribution is 2.33. The van der Waals surface area contributed by atoms with Crippen LogP contribution in [0, 0.1) is 0 Å². The second-order valence-electron chi connectivity index (χ2n) is 6.85. The van der Waals surface area contributed by atoms with Crippen molar-refractivity contribution in [3.05, 3.63) is 66.1 Å². The third-order valence-electron chi connectivity index (χ3n) is 4.83. The largest absolute Gasteiger partial charge is 0.303 e. The number of fused-ring (bicyclic) bond motifs is 1. The molecule has 0 bridgehead atoms. The van der Waals surface area contributed by atoms with Crippen LogP contribution in [-0.2, 0) is 23.0 Å². The lowest BCUT2D eigenvalue weighted by molar-refractivity contribution is 0.393. The SMILES string of the molecule is CCCc1ccc(S(=O)(=O)N(Cc2cnc3ccccn23)C2CC2)cc1. The lowest BCUT2D eigenvalue weighted by atomic mass is 10.1. The molecule has 1 fully saturated rings. The van der Waals surface area contributed by atoms with E-state index in [-0.39, 0.29) is 6.04 Å². The first-order valence-electron chi connectivity index (χ1n) is 9.11. The first kappa shape index (κ1) is 17.2. The van der Waals surface area contributed by atoms with E-state index >= 15 is 0 Å². The number of sulfonamides is 1. The van der Waals surface area contributed by atoms with E-state index in [1.807, 2.05) is 40.9 Å². The number of imidazole rings is 1. The topological polar surface area (TPSA) is 54.7 Å². The Hall–Kier alpha value is -2.18. The maximum Gasteiger partial charge on any atom is 0.243 e. The van der Waals surface area contributed by atoms with E-state index in [4.69, 9.17) is 0 Å². The minimum absolute atomic E-state index is 0.0876. The van der Waals surface area contributed by atoms with Gasteiger partial charge in [0.15, 0.2) is 0 Å². The molecule has 0 N–H and O–H groups in total. The number of aryl methyl sites for hydroxylation is 1. The van der Waals surface area contributed by atoms with E-state index < -0.39 is 10.0 Å². The highest BCUT2D eigenvalue weighted by Gasteiger charge is 2.38. The Bertz CT molecular complexity index is 1000. The summed E-state index contributed by atoms with van der Waals surface area (Å²) in [5.41, 5.74) is 2.89. The standard InChI is InChI=1S/C20H23N3O2S/c1-2-5-16-7-11-19(12-8-16)26(24,25)23(17-9-10-17)15-18-14-21-20-6-3-4-13-22(18)20/h3-4,6-8,11-14,17H,2,5,9-10,15H2,1H3. The fraction of sp³-hybridized carbons (Fsp3) is 0.350. The normalized spacial score (nSPS) is 15.0. The van der Waals surface area contributed by atoms with Crippen LogP contribution in [0.5, 0.6) is 0 Å². The van der Waals surface area contributed by atoms with Gasteiger partial charge in [-0.15, -0.1) is 0 Å². The highest BCUT2D eigenvalue weighted by molar-refractivity contribution is 7.89. The molecule has 0 unspecified atom stereocenters. The van der Waals surface area contributed by atoms with Gasteiger partial charge in [0.25, 0.3) is 0 Å². The van der Waals surface area contributed by atoms with Gasteiger partial charge in [-0.05, 0) is 49.1 Å². The van der Waals surface area contributed by atoms with Crippen molar-refractivity contribution in [2.75, 3.05) is 0 Å². The van der Waals surface area contributed by atoms with Crippen molar-refractivity contribution in [1.29, 1.82) is 0 Å². The predicted octanol–water partition coefficient (Wildman–Crippen LogP) is 3.64. The van der Waals surface area contributed by atoms with Gasteiger partial charge in [-0.25, -0.2) is 13.4 Å². The van der Waals surface area contributed by atoms with Gasteiger partial charge in [0.1, 0.15) is 5.65 Å². The van der Waals surface area contributed by atoms with Gasteiger partial charge >= 0.3 is 0 Å². The summed E-state index contributed by atoms with van der Waals surface area (Å²) in [5, 5.41) is 0. The summed E-state index contributed by atoms with van der Waals surface area (Å²) < 4.78 is 30.1. The van der Waals surface area contributed by atoms with Crippen LogP contribution in [0.25, 0.3) is 5.65 Å². The molecule has 1 aromatic carbocycles. The van der Waals surface area contributed by atoms with E-state index in [9.17, 15) is 8.42 Å². The molecule has 0 aliphatic heterocycles. The second kappa shape index (κ2) is 6.85. The summed E-state index contributed by atoms with van der Waals surface area (Å²) >= 11 is 0. The minimum atomic E-state index is -3.52. The molecule has 4 rings (SSSR count). The average molecular weight is 369 g/mol. The van der Waals surface area contributed by atoms with E-state index in [0.29, 0.717) is 11.4 Å². The van der Waals surface area contributed by atoms with Crippen LogP contribution in [0.15, 0.2) is 59.8 Å². The Morgan fingerprint density at radius 2 is 1.92 bits per heavy atom. The van der Waals surface area contributed by atoms with Crippen LogP contribution in [0.1, 0.15) is 37.4 Å². The van der Waals surface area contributed by atoms with Gasteiger partial charge in [-0.1, -0.05) is 31.5 Å². The van der Waals surface area contributed by atoms with Crippen molar-refractivity contribution in [2.24, 2.45) is 0 Å². The van der Waals surface area contributed by atoms with Gasteiger partial charge in [0.2, 0.25) is 10.0 Å². The zero-order valence-corrected chi connectivity index (χ0v) is 15.7. The molecule has 0 amide bonds. The fourth-order valence-electron chi connectivity index (χ4n) is 3.29. The van der Waals surface area contributed by atoms with E-state index in [0.717, 1.165) is 37.0 Å². The molecular formula is C20H23N3O2S. The van der Waals surface area contributed by atoms with Gasteiger partial charge < -0.3 is 4.40 Å². The van der Waals surface area contributed by atoms with Crippen molar-refractivity contribution in [3.63, 3.8) is 0 Å². The maximum atomic E-state index is 13.2. The molecule has 5 nitrogen and oxygen atoms in total. The number of hydrogen-bond acceptors (Lipinski definition) is 3. The molecule has 6 heteroatoms. The van der Waals surface area contributed by atoms with Crippen molar-refractivity contribution < 1.29 is 8.42 Å². The molecule has 1 saturated carbocycles. The lowest BCUT2D eigenvalue weighted by Crippen LogP contribution is -2.33. The van der Waals surface area contributed by atoms with Crippen LogP contribution in [0.2, 0.25) is 0 Å². The summed E-state index contributed by atoms with van der Waals surface area (Å²) in [5.74, 6) is 0. The van der Waals surface area contributed by atoms with Crippen LogP contribution >= 0.6 is 0 Å². The summed E-state index contributed by atoms with van der Waals surface area (Å²) in [6, 6.07) is 13.2. The quantitative estimate of drug-likeness (QED) is 0.639. The highest BCUT2D eigenvalue weighted by atomic mass is 32.2. The number of hydrogen-bond donors (Lipinski definition) is 0. The smallest absolute Gasteiger partial charge is 0.243 e. The first-order valence-corrected chi connectivity index (χ1v) is 10.6. The van der Waals surface area contributed by atoms with Gasteiger partial charge in [-0.2, -0.15) is 4.31 Å². The molecule has 3 aromatic rings. The zero-order chi connectivity index (χ0) is 18.1. The van der Waals surface area contributed by atoms with Crippen molar-refractivity contribution in [1.82, 2.24) is 13.7 Å².